The molecule has 1 heteroatoms. The van der Waals surface area contributed by atoms with E-state index in [0.717, 1.165) is 5.69 Å². The Balaban J connectivity index is 0.000000258. The largest absolute Gasteiger partial charge is 0.358 e. The summed E-state index contributed by atoms with van der Waals surface area (Å²) in [6.45, 7) is 11.7. The van der Waals surface area contributed by atoms with Gasteiger partial charge in [0.05, 0.1) is 0 Å². The van der Waals surface area contributed by atoms with Gasteiger partial charge in [0.1, 0.15) is 0 Å². The number of aromatic amines is 1. The van der Waals surface area contributed by atoms with Gasteiger partial charge in [0, 0.05) is 27.6 Å². The molecule has 1 nitrogen and oxygen atoms in total. The highest BCUT2D eigenvalue weighted by Gasteiger charge is 2.03. The van der Waals surface area contributed by atoms with E-state index in [-0.39, 0.29) is 5.41 Å². The van der Waals surface area contributed by atoms with Crippen molar-refractivity contribution in [3.8, 4) is 12.3 Å². The number of nitrogens with one attached hydrogen (secondary N) is 1. The maximum atomic E-state index is 5.06. The lowest BCUT2D eigenvalue weighted by atomic mass is 9.99. The maximum absolute atomic E-state index is 5.06. The van der Waals surface area contributed by atoms with Crippen LogP contribution in [0.15, 0.2) is 36.6 Å². The maximum Gasteiger partial charge on any atom is 0.0462 e. The minimum absolute atomic E-state index is 0.0694. The topological polar surface area (TPSA) is 15.8 Å². The molecule has 0 unspecified atom stereocenters. The van der Waals surface area contributed by atoms with Crippen LogP contribution >= 0.6 is 0 Å². The number of aromatic nitrogens is 1. The minimum atomic E-state index is 0.0694. The third-order valence-electron chi connectivity index (χ3n) is 2.62. The monoisotopic (exact) mass is 251 g/mol. The number of rotatable bonds is 1. The predicted octanol–water partition coefficient (Wildman–Crippen LogP) is 4.94. The lowest BCUT2D eigenvalue weighted by Crippen LogP contribution is -1.97. The van der Waals surface area contributed by atoms with E-state index in [9.17, 15) is 0 Å². The summed E-state index contributed by atoms with van der Waals surface area (Å²) in [5.74, 6) is 2.60. The second-order valence-electron chi connectivity index (χ2n) is 5.45. The Morgan fingerprint density at radius 2 is 1.84 bits per heavy atom. The van der Waals surface area contributed by atoms with Gasteiger partial charge in [0.2, 0.25) is 0 Å². The van der Waals surface area contributed by atoms with Gasteiger partial charge in [-0.1, -0.05) is 24.8 Å². The molecule has 2 aromatic rings. The van der Waals surface area contributed by atoms with E-state index in [0.29, 0.717) is 0 Å². The van der Waals surface area contributed by atoms with Crippen LogP contribution in [-0.4, -0.2) is 4.98 Å². The Hall–Kier alpha value is -2.16. The summed E-state index contributed by atoms with van der Waals surface area (Å²) in [5, 5.41) is 1.23. The average Bonchev–Trinajstić information content (AvgIpc) is 2.67. The summed E-state index contributed by atoms with van der Waals surface area (Å²) in [6.07, 6.45) is 6.97. The van der Waals surface area contributed by atoms with Crippen LogP contribution in [0.1, 0.15) is 32.0 Å². The molecule has 0 spiro atoms. The van der Waals surface area contributed by atoms with E-state index in [1.165, 1.54) is 16.5 Å². The van der Waals surface area contributed by atoms with Gasteiger partial charge >= 0.3 is 0 Å². The van der Waals surface area contributed by atoms with Crippen molar-refractivity contribution in [2.75, 3.05) is 0 Å². The smallest absolute Gasteiger partial charge is 0.0462 e. The fourth-order valence-electron chi connectivity index (χ4n) is 1.59. The fourth-order valence-corrected chi connectivity index (χ4v) is 1.59. The lowest BCUT2D eigenvalue weighted by molar-refractivity contribution is 0.571. The summed E-state index contributed by atoms with van der Waals surface area (Å²) in [5.41, 5.74) is 6.40. The Morgan fingerprint density at radius 3 is 2.37 bits per heavy atom. The number of H-pyrrole nitrogens is 1. The molecule has 0 amide bonds. The molecular weight excluding hydrogens is 230 g/mol. The SMILES string of the molecule is C#CC(C)(C)C.C=C=Cc1c(C)[nH]c2ccccc12. The fraction of sp³-hybridized carbons (Fsp3) is 0.278. The summed E-state index contributed by atoms with van der Waals surface area (Å²) < 4.78 is 0. The number of terminal acetylenes is 1. The number of hydrogen-bond acceptors (Lipinski definition) is 0. The van der Waals surface area contributed by atoms with E-state index in [2.05, 4.69) is 42.3 Å². The number of hydrogen-bond donors (Lipinski definition) is 1. The molecule has 0 radical (unpaired) electrons. The molecule has 0 saturated heterocycles. The number of benzene rings is 1. The molecule has 2 rings (SSSR count). The lowest BCUT2D eigenvalue weighted by Gasteiger charge is -2.04. The Kier molecular flexibility index (Phi) is 4.81. The van der Waals surface area contributed by atoms with Crippen molar-refractivity contribution < 1.29 is 0 Å². The standard InChI is InChI=1S/C12H11N.C6H10/c1-3-6-10-9(2)13-12-8-5-4-7-11(10)12;1-5-6(2,3)4/h4-8,13H,1H2,2H3;1H,2-4H3. The first kappa shape index (κ1) is 14.9. The average molecular weight is 251 g/mol. The molecule has 0 bridgehead atoms. The van der Waals surface area contributed by atoms with E-state index in [1.807, 2.05) is 39.0 Å². The van der Waals surface area contributed by atoms with Gasteiger partial charge in [-0.2, -0.15) is 0 Å². The summed E-state index contributed by atoms with van der Waals surface area (Å²) in [6, 6.07) is 8.24. The highest BCUT2D eigenvalue weighted by molar-refractivity contribution is 5.90. The molecule has 1 N–H and O–H groups in total. The van der Waals surface area contributed by atoms with Gasteiger partial charge in [-0.25, -0.2) is 0 Å². The number of fused-ring (bicyclic) bond motifs is 1. The highest BCUT2D eigenvalue weighted by atomic mass is 14.7. The van der Waals surface area contributed by atoms with Crippen molar-refractivity contribution >= 4 is 17.0 Å². The van der Waals surface area contributed by atoms with Crippen molar-refractivity contribution in [1.82, 2.24) is 4.98 Å². The summed E-state index contributed by atoms with van der Waals surface area (Å²) in [4.78, 5) is 3.31. The van der Waals surface area contributed by atoms with E-state index in [4.69, 9.17) is 6.42 Å². The first-order valence-corrected chi connectivity index (χ1v) is 6.30. The van der Waals surface area contributed by atoms with Gasteiger partial charge in [-0.15, -0.1) is 18.1 Å². The third-order valence-corrected chi connectivity index (χ3v) is 2.62. The van der Waals surface area contributed by atoms with E-state index >= 15 is 0 Å². The van der Waals surface area contributed by atoms with Crippen LogP contribution in [-0.2, 0) is 0 Å². The van der Waals surface area contributed by atoms with Gasteiger partial charge in [-0.3, -0.25) is 0 Å². The Labute approximate surface area is 116 Å². The van der Waals surface area contributed by atoms with E-state index in [1.54, 1.807) is 0 Å². The van der Waals surface area contributed by atoms with Crippen molar-refractivity contribution in [2.45, 2.75) is 27.7 Å². The molecule has 1 aromatic carbocycles. The zero-order valence-corrected chi connectivity index (χ0v) is 12.2. The van der Waals surface area contributed by atoms with Crippen LogP contribution in [0.3, 0.4) is 0 Å². The highest BCUT2D eigenvalue weighted by Crippen LogP contribution is 2.22. The molecule has 0 saturated carbocycles. The zero-order chi connectivity index (χ0) is 14.5. The molecule has 19 heavy (non-hydrogen) atoms. The second kappa shape index (κ2) is 6.14. The summed E-state index contributed by atoms with van der Waals surface area (Å²) >= 11 is 0. The van der Waals surface area contributed by atoms with Crippen LogP contribution in [0.25, 0.3) is 17.0 Å². The molecule has 0 aliphatic heterocycles. The van der Waals surface area contributed by atoms with Crippen molar-refractivity contribution in [2.24, 2.45) is 5.41 Å². The van der Waals surface area contributed by atoms with Crippen molar-refractivity contribution in [3.05, 3.63) is 47.8 Å². The van der Waals surface area contributed by atoms with Crippen LogP contribution in [0.5, 0.6) is 0 Å². The van der Waals surface area contributed by atoms with Crippen LogP contribution < -0.4 is 0 Å². The first-order chi connectivity index (χ1) is 8.89. The zero-order valence-electron chi connectivity index (χ0n) is 12.2. The van der Waals surface area contributed by atoms with E-state index < -0.39 is 0 Å². The van der Waals surface area contributed by atoms with Crippen LogP contribution in [0, 0.1) is 24.7 Å². The van der Waals surface area contributed by atoms with Gasteiger partial charge in [0.15, 0.2) is 0 Å². The molecule has 0 atom stereocenters. The first-order valence-electron chi connectivity index (χ1n) is 6.30. The Morgan fingerprint density at radius 1 is 1.26 bits per heavy atom. The summed E-state index contributed by atoms with van der Waals surface area (Å²) in [7, 11) is 0. The Bertz CT molecular complexity index is 638. The quantitative estimate of drug-likeness (QED) is 0.546. The normalized spacial score (nSPS) is 10.1. The van der Waals surface area contributed by atoms with Gasteiger partial charge in [-0.05, 0) is 39.8 Å². The second-order valence-corrected chi connectivity index (χ2v) is 5.45. The molecule has 0 fully saturated rings. The molecular formula is C18H21N. The minimum Gasteiger partial charge on any atom is -0.358 e. The molecule has 0 aliphatic carbocycles. The number of para-hydroxylation sites is 1. The molecule has 0 aliphatic rings. The van der Waals surface area contributed by atoms with Crippen molar-refractivity contribution in [3.63, 3.8) is 0 Å². The predicted molar refractivity (Wildman–Crippen MR) is 84.9 cm³/mol. The number of aryl methyl sites for hydroxylation is 1. The van der Waals surface area contributed by atoms with Gasteiger partial charge in [0.25, 0.3) is 0 Å². The molecule has 1 heterocycles. The molecule has 1 aromatic heterocycles. The molecule has 98 valence electrons. The van der Waals surface area contributed by atoms with Crippen molar-refractivity contribution in [1.29, 1.82) is 0 Å². The van der Waals surface area contributed by atoms with Crippen LogP contribution in [0.2, 0.25) is 0 Å². The van der Waals surface area contributed by atoms with Gasteiger partial charge < -0.3 is 4.98 Å². The van der Waals surface area contributed by atoms with Crippen LogP contribution in [0.4, 0.5) is 0 Å². The third kappa shape index (κ3) is 4.21.